The van der Waals surface area contributed by atoms with Gasteiger partial charge in [0.2, 0.25) is 10.0 Å². The molecule has 2 atom stereocenters. The van der Waals surface area contributed by atoms with E-state index < -0.39 is 10.0 Å². The number of nitrogens with one attached hydrogen (secondary N) is 1. The molecule has 6 nitrogen and oxygen atoms in total. The first-order valence-electron chi connectivity index (χ1n) is 6.52. The van der Waals surface area contributed by atoms with Crippen molar-refractivity contribution in [1.82, 2.24) is 5.32 Å². The summed E-state index contributed by atoms with van der Waals surface area (Å²) in [6.45, 7) is 4.59. The molecule has 0 bridgehead atoms. The fraction of sp³-hybridized carbons (Fsp3) is 0.538. The molecule has 112 valence electrons. The van der Waals surface area contributed by atoms with Crippen molar-refractivity contribution in [3.8, 4) is 0 Å². The molecular formula is C13H20N2O4S. The number of sulfonamides is 1. The molecule has 1 heterocycles. The van der Waals surface area contributed by atoms with Gasteiger partial charge < -0.3 is 14.8 Å². The van der Waals surface area contributed by atoms with E-state index in [2.05, 4.69) is 5.32 Å². The Morgan fingerprint density at radius 3 is 2.60 bits per heavy atom. The van der Waals surface area contributed by atoms with Crippen molar-refractivity contribution in [2.45, 2.75) is 24.0 Å². The van der Waals surface area contributed by atoms with Gasteiger partial charge in [-0.2, -0.15) is 0 Å². The Morgan fingerprint density at radius 1 is 1.35 bits per heavy atom. The van der Waals surface area contributed by atoms with E-state index in [1.54, 1.807) is 12.1 Å². The molecule has 0 aromatic heterocycles. The molecule has 1 aromatic rings. The van der Waals surface area contributed by atoms with Gasteiger partial charge in [-0.05, 0) is 24.6 Å². The molecule has 2 unspecified atom stereocenters. The standard InChI is InChI=1S/C13H20N2O4S/c1-10(15-8-12-9-18-6-7-19-12)11-2-4-13(5-3-11)20(14,16)17/h2-5,10,12,15H,6-9H2,1H3,(H2,14,16,17). The van der Waals surface area contributed by atoms with Crippen molar-refractivity contribution < 1.29 is 17.9 Å². The smallest absolute Gasteiger partial charge is 0.238 e. The molecule has 1 fully saturated rings. The number of benzene rings is 1. The van der Waals surface area contributed by atoms with Crippen molar-refractivity contribution >= 4 is 10.0 Å². The maximum atomic E-state index is 11.2. The highest BCUT2D eigenvalue weighted by Gasteiger charge is 2.16. The lowest BCUT2D eigenvalue weighted by atomic mass is 10.1. The zero-order valence-corrected chi connectivity index (χ0v) is 12.2. The summed E-state index contributed by atoms with van der Waals surface area (Å²) in [6, 6.07) is 6.65. The van der Waals surface area contributed by atoms with E-state index in [4.69, 9.17) is 14.6 Å². The molecule has 20 heavy (non-hydrogen) atoms. The summed E-state index contributed by atoms with van der Waals surface area (Å²) in [6.07, 6.45) is 0.0647. The minimum absolute atomic E-state index is 0.0647. The van der Waals surface area contributed by atoms with Gasteiger partial charge in [-0.25, -0.2) is 13.6 Å². The number of hydrogen-bond donors (Lipinski definition) is 2. The Morgan fingerprint density at radius 2 is 2.05 bits per heavy atom. The van der Waals surface area contributed by atoms with E-state index in [1.807, 2.05) is 6.92 Å². The molecule has 7 heteroatoms. The molecule has 2 rings (SSSR count). The van der Waals surface area contributed by atoms with Crippen molar-refractivity contribution in [3.63, 3.8) is 0 Å². The van der Waals surface area contributed by atoms with Gasteiger partial charge in [0.25, 0.3) is 0 Å². The van der Waals surface area contributed by atoms with E-state index in [0.29, 0.717) is 26.4 Å². The van der Waals surface area contributed by atoms with Crippen molar-refractivity contribution in [2.75, 3.05) is 26.4 Å². The average Bonchev–Trinajstić information content (AvgIpc) is 2.45. The van der Waals surface area contributed by atoms with Crippen LogP contribution in [-0.4, -0.2) is 40.9 Å². The van der Waals surface area contributed by atoms with Crippen LogP contribution in [0.2, 0.25) is 0 Å². The van der Waals surface area contributed by atoms with Crippen LogP contribution in [0.1, 0.15) is 18.5 Å². The molecule has 0 saturated carbocycles. The van der Waals surface area contributed by atoms with Crippen LogP contribution in [0, 0.1) is 0 Å². The van der Waals surface area contributed by atoms with Gasteiger partial charge in [-0.15, -0.1) is 0 Å². The fourth-order valence-electron chi connectivity index (χ4n) is 2.03. The van der Waals surface area contributed by atoms with Crippen LogP contribution in [0.4, 0.5) is 0 Å². The summed E-state index contributed by atoms with van der Waals surface area (Å²) in [5, 5.41) is 8.41. The number of hydrogen-bond acceptors (Lipinski definition) is 5. The van der Waals surface area contributed by atoms with E-state index in [0.717, 1.165) is 5.56 Å². The third-order valence-corrected chi connectivity index (χ3v) is 4.17. The fourth-order valence-corrected chi connectivity index (χ4v) is 2.54. The van der Waals surface area contributed by atoms with Gasteiger partial charge in [0.05, 0.1) is 30.8 Å². The molecule has 3 N–H and O–H groups in total. The highest BCUT2D eigenvalue weighted by atomic mass is 32.2. The second-order valence-electron chi connectivity index (χ2n) is 4.81. The monoisotopic (exact) mass is 300 g/mol. The van der Waals surface area contributed by atoms with Crippen molar-refractivity contribution in [2.24, 2.45) is 5.14 Å². The Hall–Kier alpha value is -0.990. The molecule has 0 radical (unpaired) electrons. The molecule has 1 saturated heterocycles. The van der Waals surface area contributed by atoms with Gasteiger partial charge >= 0.3 is 0 Å². The Balaban J connectivity index is 1.90. The summed E-state index contributed by atoms with van der Waals surface area (Å²) >= 11 is 0. The largest absolute Gasteiger partial charge is 0.376 e. The maximum Gasteiger partial charge on any atom is 0.238 e. The highest BCUT2D eigenvalue weighted by molar-refractivity contribution is 7.89. The minimum atomic E-state index is -3.63. The van der Waals surface area contributed by atoms with Gasteiger partial charge in [-0.1, -0.05) is 12.1 Å². The molecule has 0 aliphatic carbocycles. The Bertz CT molecular complexity index is 524. The molecular weight excluding hydrogens is 280 g/mol. The van der Waals surface area contributed by atoms with Crippen LogP contribution < -0.4 is 10.5 Å². The first-order valence-corrected chi connectivity index (χ1v) is 8.07. The van der Waals surface area contributed by atoms with Gasteiger partial charge in [-0.3, -0.25) is 0 Å². The van der Waals surface area contributed by atoms with Crippen LogP contribution in [0.15, 0.2) is 29.2 Å². The van der Waals surface area contributed by atoms with Gasteiger partial charge in [0, 0.05) is 12.6 Å². The predicted octanol–water partition coefficient (Wildman–Crippen LogP) is 0.400. The molecule has 1 aromatic carbocycles. The topological polar surface area (TPSA) is 90.7 Å². The Labute approximate surface area is 119 Å². The summed E-state index contributed by atoms with van der Waals surface area (Å²) in [4.78, 5) is 0.123. The normalized spacial score (nSPS) is 21.6. The first-order chi connectivity index (χ1) is 9.47. The first kappa shape index (κ1) is 15.4. The average molecular weight is 300 g/mol. The maximum absolute atomic E-state index is 11.2. The number of primary sulfonamides is 1. The summed E-state index contributed by atoms with van der Waals surface area (Å²) < 4.78 is 33.2. The molecule has 0 amide bonds. The predicted molar refractivity (Wildman–Crippen MR) is 74.8 cm³/mol. The van der Waals surface area contributed by atoms with Crippen LogP contribution in [0.3, 0.4) is 0 Å². The van der Waals surface area contributed by atoms with Crippen LogP contribution in [0.25, 0.3) is 0 Å². The number of nitrogens with two attached hydrogens (primary N) is 1. The highest BCUT2D eigenvalue weighted by Crippen LogP contribution is 2.15. The third-order valence-electron chi connectivity index (χ3n) is 3.25. The van der Waals surface area contributed by atoms with Crippen LogP contribution in [-0.2, 0) is 19.5 Å². The minimum Gasteiger partial charge on any atom is -0.376 e. The zero-order chi connectivity index (χ0) is 14.6. The van der Waals surface area contributed by atoms with E-state index in [-0.39, 0.29) is 17.0 Å². The molecule has 0 spiro atoms. The summed E-state index contributed by atoms with van der Waals surface area (Å²) in [7, 11) is -3.63. The Kier molecular flexibility index (Phi) is 5.11. The lowest BCUT2D eigenvalue weighted by molar-refractivity contribution is -0.0869. The van der Waals surface area contributed by atoms with Gasteiger partial charge in [0.1, 0.15) is 0 Å². The second-order valence-corrected chi connectivity index (χ2v) is 6.37. The van der Waals surface area contributed by atoms with Crippen LogP contribution >= 0.6 is 0 Å². The second kappa shape index (κ2) is 6.64. The molecule has 1 aliphatic heterocycles. The summed E-state index contributed by atoms with van der Waals surface area (Å²) in [5.41, 5.74) is 0.995. The number of ether oxygens (including phenoxy) is 2. The quantitative estimate of drug-likeness (QED) is 0.821. The third kappa shape index (κ3) is 4.26. The summed E-state index contributed by atoms with van der Waals surface area (Å²) in [5.74, 6) is 0. The van der Waals surface area contributed by atoms with Crippen molar-refractivity contribution in [1.29, 1.82) is 0 Å². The van der Waals surface area contributed by atoms with E-state index in [9.17, 15) is 8.42 Å². The number of rotatable bonds is 5. The SMILES string of the molecule is CC(NCC1COCCO1)c1ccc(S(N)(=O)=O)cc1. The van der Waals surface area contributed by atoms with Gasteiger partial charge in [0.15, 0.2) is 0 Å². The zero-order valence-electron chi connectivity index (χ0n) is 11.4. The molecule has 1 aliphatic rings. The van der Waals surface area contributed by atoms with E-state index in [1.165, 1.54) is 12.1 Å². The van der Waals surface area contributed by atoms with E-state index >= 15 is 0 Å². The van der Waals surface area contributed by atoms with Crippen molar-refractivity contribution in [3.05, 3.63) is 29.8 Å². The lowest BCUT2D eigenvalue weighted by Gasteiger charge is -2.25. The lowest BCUT2D eigenvalue weighted by Crippen LogP contribution is -2.38. The van der Waals surface area contributed by atoms with Crippen LogP contribution in [0.5, 0.6) is 0 Å².